The molecule has 0 bridgehead atoms. The molecule has 0 heterocycles. The van der Waals surface area contributed by atoms with E-state index in [2.05, 4.69) is 13.8 Å². The van der Waals surface area contributed by atoms with Crippen molar-refractivity contribution in [1.29, 1.82) is 0 Å². The van der Waals surface area contributed by atoms with Gasteiger partial charge in [0.05, 0.1) is 7.11 Å². The lowest BCUT2D eigenvalue weighted by molar-refractivity contribution is -0.173. The summed E-state index contributed by atoms with van der Waals surface area (Å²) in [7, 11) is 1.31. The molecule has 0 aliphatic heterocycles. The summed E-state index contributed by atoms with van der Waals surface area (Å²) < 4.78 is 4.92. The highest BCUT2D eigenvalue weighted by atomic mass is 16.5. The molecule has 0 aromatic heterocycles. The summed E-state index contributed by atoms with van der Waals surface area (Å²) in [4.78, 5) is 24.4. The molecular formula is C17H30O4. The van der Waals surface area contributed by atoms with E-state index < -0.39 is 17.4 Å². The van der Waals surface area contributed by atoms with Crippen molar-refractivity contribution in [2.24, 2.45) is 17.3 Å². The topological polar surface area (TPSA) is 63.6 Å². The Morgan fingerprint density at radius 1 is 1.29 bits per heavy atom. The van der Waals surface area contributed by atoms with Gasteiger partial charge in [0.15, 0.2) is 5.41 Å². The first-order valence-corrected chi connectivity index (χ1v) is 8.34. The molecule has 1 aliphatic carbocycles. The highest BCUT2D eigenvalue weighted by Crippen LogP contribution is 2.46. The van der Waals surface area contributed by atoms with E-state index in [0.29, 0.717) is 6.42 Å². The van der Waals surface area contributed by atoms with Gasteiger partial charge >= 0.3 is 11.9 Å². The smallest absolute Gasteiger partial charge is 0.323 e. The molecule has 0 aromatic rings. The lowest BCUT2D eigenvalue weighted by Crippen LogP contribution is -2.47. The molecule has 1 saturated carbocycles. The Hall–Kier alpha value is -1.06. The minimum absolute atomic E-state index is 0.0712. The van der Waals surface area contributed by atoms with E-state index in [9.17, 15) is 14.7 Å². The van der Waals surface area contributed by atoms with Crippen molar-refractivity contribution in [1.82, 2.24) is 0 Å². The molecule has 1 fully saturated rings. The number of esters is 1. The first-order valence-electron chi connectivity index (χ1n) is 8.34. The molecule has 1 N–H and O–H groups in total. The molecular weight excluding hydrogens is 268 g/mol. The third-order valence-corrected chi connectivity index (χ3v) is 5.14. The maximum absolute atomic E-state index is 12.4. The zero-order valence-electron chi connectivity index (χ0n) is 13.7. The predicted molar refractivity (Wildman–Crippen MR) is 82.0 cm³/mol. The van der Waals surface area contributed by atoms with Crippen molar-refractivity contribution < 1.29 is 19.4 Å². The van der Waals surface area contributed by atoms with Crippen LogP contribution in [0.5, 0.6) is 0 Å². The Bertz CT molecular complexity index is 347. The number of carbonyl (C=O) groups is 2. The second kappa shape index (κ2) is 8.40. The maximum atomic E-state index is 12.4. The number of aliphatic carboxylic acids is 1. The molecule has 1 aliphatic rings. The van der Waals surface area contributed by atoms with E-state index in [1.807, 2.05) is 0 Å². The minimum Gasteiger partial charge on any atom is -0.480 e. The summed E-state index contributed by atoms with van der Waals surface area (Å²) in [5, 5.41) is 9.85. The van der Waals surface area contributed by atoms with E-state index in [0.717, 1.165) is 51.4 Å². The first kappa shape index (κ1) is 18.0. The van der Waals surface area contributed by atoms with Gasteiger partial charge in [-0.25, -0.2) is 0 Å². The third-order valence-electron chi connectivity index (χ3n) is 5.14. The summed E-state index contributed by atoms with van der Waals surface area (Å²) in [6, 6.07) is 0. The van der Waals surface area contributed by atoms with Gasteiger partial charge in [-0.3, -0.25) is 9.59 Å². The van der Waals surface area contributed by atoms with Crippen LogP contribution in [-0.2, 0) is 14.3 Å². The van der Waals surface area contributed by atoms with Crippen LogP contribution in [0, 0.1) is 17.3 Å². The van der Waals surface area contributed by atoms with E-state index in [1.54, 1.807) is 0 Å². The second-order valence-corrected chi connectivity index (χ2v) is 6.37. The molecule has 0 spiro atoms. The monoisotopic (exact) mass is 298 g/mol. The predicted octanol–water partition coefficient (Wildman–Crippen LogP) is 4.03. The van der Waals surface area contributed by atoms with Gasteiger partial charge < -0.3 is 9.84 Å². The van der Waals surface area contributed by atoms with Crippen LogP contribution in [-0.4, -0.2) is 24.2 Å². The zero-order chi connectivity index (χ0) is 15.9. The quantitative estimate of drug-likeness (QED) is 0.515. The maximum Gasteiger partial charge on any atom is 0.323 e. The standard InChI is InChI=1S/C17H30O4/c1-4-6-9-13(5-2)12-17(15(18)19,16(20)21-3)14-10-7-8-11-14/h13-14H,4-12H2,1-3H3,(H,18,19). The summed E-state index contributed by atoms with van der Waals surface area (Å²) in [5.41, 5.74) is -1.33. The lowest BCUT2D eigenvalue weighted by Gasteiger charge is -2.35. The van der Waals surface area contributed by atoms with E-state index >= 15 is 0 Å². The SMILES string of the molecule is CCCCC(CC)CC(C(=O)O)(C(=O)OC)C1CCCC1. The Kier molecular flexibility index (Phi) is 7.20. The third kappa shape index (κ3) is 3.98. The fourth-order valence-corrected chi connectivity index (χ4v) is 3.77. The van der Waals surface area contributed by atoms with Gasteiger partial charge in [-0.05, 0) is 31.1 Å². The lowest BCUT2D eigenvalue weighted by atomic mass is 9.67. The van der Waals surface area contributed by atoms with E-state index in [1.165, 1.54) is 7.11 Å². The van der Waals surface area contributed by atoms with E-state index in [4.69, 9.17) is 4.74 Å². The van der Waals surface area contributed by atoms with Crippen molar-refractivity contribution in [2.45, 2.75) is 71.6 Å². The largest absolute Gasteiger partial charge is 0.480 e. The number of unbranched alkanes of at least 4 members (excludes halogenated alkanes) is 1. The first-order chi connectivity index (χ1) is 10.0. The van der Waals surface area contributed by atoms with Crippen LogP contribution >= 0.6 is 0 Å². The molecule has 0 radical (unpaired) electrons. The molecule has 2 unspecified atom stereocenters. The number of methoxy groups -OCH3 is 1. The van der Waals surface area contributed by atoms with Crippen LogP contribution in [0.25, 0.3) is 0 Å². The molecule has 0 saturated heterocycles. The highest BCUT2D eigenvalue weighted by molar-refractivity contribution is 5.99. The number of carboxylic acid groups (broad SMARTS) is 1. The van der Waals surface area contributed by atoms with Gasteiger partial charge in [0.1, 0.15) is 0 Å². The number of carbonyl (C=O) groups excluding carboxylic acids is 1. The average Bonchev–Trinajstić information content (AvgIpc) is 3.01. The second-order valence-electron chi connectivity index (χ2n) is 6.37. The van der Waals surface area contributed by atoms with Crippen molar-refractivity contribution >= 4 is 11.9 Å². The van der Waals surface area contributed by atoms with Crippen molar-refractivity contribution in [2.75, 3.05) is 7.11 Å². The summed E-state index contributed by atoms with van der Waals surface area (Å²) in [6.07, 6.45) is 8.20. The number of rotatable bonds is 9. The van der Waals surface area contributed by atoms with Gasteiger partial charge in [-0.2, -0.15) is 0 Å². The van der Waals surface area contributed by atoms with Gasteiger partial charge in [-0.1, -0.05) is 52.4 Å². The van der Waals surface area contributed by atoms with E-state index in [-0.39, 0.29) is 11.8 Å². The van der Waals surface area contributed by atoms with Gasteiger partial charge in [0.2, 0.25) is 0 Å². The zero-order valence-corrected chi connectivity index (χ0v) is 13.7. The summed E-state index contributed by atoms with van der Waals surface area (Å²) >= 11 is 0. The number of ether oxygens (including phenoxy) is 1. The summed E-state index contributed by atoms with van der Waals surface area (Å²) in [6.45, 7) is 4.22. The van der Waals surface area contributed by atoms with Crippen LogP contribution in [0.1, 0.15) is 71.6 Å². The number of carboxylic acids is 1. The molecule has 1 rings (SSSR count). The Balaban J connectivity index is 3.03. The van der Waals surface area contributed by atoms with Gasteiger partial charge in [-0.15, -0.1) is 0 Å². The molecule has 2 atom stereocenters. The molecule has 4 nitrogen and oxygen atoms in total. The highest BCUT2D eigenvalue weighted by Gasteiger charge is 2.54. The van der Waals surface area contributed by atoms with Crippen LogP contribution < -0.4 is 0 Å². The number of hydrogen-bond acceptors (Lipinski definition) is 3. The van der Waals surface area contributed by atoms with Gasteiger partial charge in [0, 0.05) is 0 Å². The van der Waals surface area contributed by atoms with Crippen LogP contribution in [0.4, 0.5) is 0 Å². The van der Waals surface area contributed by atoms with Crippen molar-refractivity contribution in [3.05, 3.63) is 0 Å². The molecule has 0 amide bonds. The van der Waals surface area contributed by atoms with Crippen LogP contribution in [0.15, 0.2) is 0 Å². The molecule has 0 aromatic carbocycles. The van der Waals surface area contributed by atoms with Gasteiger partial charge in [0.25, 0.3) is 0 Å². The molecule has 122 valence electrons. The average molecular weight is 298 g/mol. The normalized spacial score (nSPS) is 20.0. The van der Waals surface area contributed by atoms with Crippen LogP contribution in [0.2, 0.25) is 0 Å². The van der Waals surface area contributed by atoms with Crippen LogP contribution in [0.3, 0.4) is 0 Å². The fraction of sp³-hybridized carbons (Fsp3) is 0.882. The molecule has 21 heavy (non-hydrogen) atoms. The Morgan fingerprint density at radius 3 is 2.33 bits per heavy atom. The minimum atomic E-state index is -1.33. The van der Waals surface area contributed by atoms with Crippen molar-refractivity contribution in [3.8, 4) is 0 Å². The molecule has 4 heteroatoms. The Labute approximate surface area is 128 Å². The summed E-state index contributed by atoms with van der Waals surface area (Å²) in [5.74, 6) is -1.33. The number of hydrogen-bond donors (Lipinski definition) is 1. The van der Waals surface area contributed by atoms with Crippen molar-refractivity contribution in [3.63, 3.8) is 0 Å². The Morgan fingerprint density at radius 2 is 1.90 bits per heavy atom. The fourth-order valence-electron chi connectivity index (χ4n) is 3.77.